The van der Waals surface area contributed by atoms with E-state index in [1.807, 2.05) is 24.3 Å². The van der Waals surface area contributed by atoms with Crippen molar-refractivity contribution in [2.75, 3.05) is 65.1 Å². The van der Waals surface area contributed by atoms with Gasteiger partial charge in [0.05, 0.1) is 25.9 Å². The molecule has 31 heavy (non-hydrogen) atoms. The molecule has 8 nitrogen and oxygen atoms in total. The smallest absolute Gasteiger partial charge is 0.218 e. The number of hydrogen-bond donors (Lipinski definition) is 1. The Morgan fingerprint density at radius 2 is 1.87 bits per heavy atom. The van der Waals surface area contributed by atoms with Gasteiger partial charge in [0.1, 0.15) is 12.4 Å². The number of rotatable bonds is 9. The van der Waals surface area contributed by atoms with Gasteiger partial charge < -0.3 is 29.3 Å². The van der Waals surface area contributed by atoms with Crippen molar-refractivity contribution in [2.24, 2.45) is 4.99 Å². The van der Waals surface area contributed by atoms with Crippen LogP contribution in [-0.2, 0) is 11.3 Å². The lowest BCUT2D eigenvalue weighted by Crippen LogP contribution is -2.52. The third-order valence-corrected chi connectivity index (χ3v) is 5.12. The highest BCUT2D eigenvalue weighted by molar-refractivity contribution is 5.80. The van der Waals surface area contributed by atoms with Crippen LogP contribution >= 0.6 is 0 Å². The molecule has 1 aliphatic heterocycles. The zero-order valence-corrected chi connectivity index (χ0v) is 18.7. The normalized spacial score (nSPS) is 14.5. The van der Waals surface area contributed by atoms with Crippen molar-refractivity contribution in [3.05, 3.63) is 48.2 Å². The van der Waals surface area contributed by atoms with Crippen LogP contribution in [0.3, 0.4) is 0 Å². The Labute approximate surface area is 184 Å². The van der Waals surface area contributed by atoms with Crippen LogP contribution in [0.4, 0.5) is 5.69 Å². The molecule has 0 bridgehead atoms. The Kier molecular flexibility index (Phi) is 8.78. The number of pyridine rings is 1. The maximum Gasteiger partial charge on any atom is 0.218 e. The standard InChI is InChI=1S/C23H33N5O3/c1-4-24-23(26-18-19-8-7-11-25-22(19)31-17-16-29-2)28-14-12-27(13-15-28)20-9-5-6-10-21(20)30-3/h5-11H,4,12-18H2,1-3H3,(H,24,26). The van der Waals surface area contributed by atoms with Crippen LogP contribution in [0.25, 0.3) is 0 Å². The molecule has 1 aromatic heterocycles. The van der Waals surface area contributed by atoms with Gasteiger partial charge in [0.25, 0.3) is 0 Å². The molecule has 1 N–H and O–H groups in total. The van der Waals surface area contributed by atoms with Crippen LogP contribution in [-0.4, -0.2) is 76.0 Å². The summed E-state index contributed by atoms with van der Waals surface area (Å²) in [7, 11) is 3.38. The molecular weight excluding hydrogens is 394 g/mol. The fourth-order valence-electron chi connectivity index (χ4n) is 3.53. The molecule has 1 aliphatic rings. The number of benzene rings is 1. The van der Waals surface area contributed by atoms with E-state index in [0.717, 1.165) is 55.7 Å². The summed E-state index contributed by atoms with van der Waals surface area (Å²) >= 11 is 0. The summed E-state index contributed by atoms with van der Waals surface area (Å²) < 4.78 is 16.3. The van der Waals surface area contributed by atoms with Gasteiger partial charge in [-0.05, 0) is 25.1 Å². The largest absolute Gasteiger partial charge is 0.495 e. The summed E-state index contributed by atoms with van der Waals surface area (Å²) in [6, 6.07) is 12.1. The SMILES string of the molecule is CCNC(=NCc1cccnc1OCCOC)N1CCN(c2ccccc2OC)CC1. The number of piperazine rings is 1. The number of para-hydroxylation sites is 2. The zero-order chi connectivity index (χ0) is 21.9. The van der Waals surface area contributed by atoms with E-state index in [1.54, 1.807) is 20.4 Å². The molecule has 1 aromatic carbocycles. The van der Waals surface area contributed by atoms with Crippen molar-refractivity contribution >= 4 is 11.6 Å². The van der Waals surface area contributed by atoms with E-state index < -0.39 is 0 Å². The lowest BCUT2D eigenvalue weighted by molar-refractivity contribution is 0.143. The quantitative estimate of drug-likeness (QED) is 0.374. The van der Waals surface area contributed by atoms with Gasteiger partial charge in [0.15, 0.2) is 5.96 Å². The molecule has 1 saturated heterocycles. The minimum Gasteiger partial charge on any atom is -0.495 e. The van der Waals surface area contributed by atoms with Crippen LogP contribution in [0.15, 0.2) is 47.6 Å². The molecule has 0 saturated carbocycles. The highest BCUT2D eigenvalue weighted by Gasteiger charge is 2.21. The first-order valence-corrected chi connectivity index (χ1v) is 10.7. The number of methoxy groups -OCH3 is 2. The Morgan fingerprint density at radius 3 is 2.61 bits per heavy atom. The van der Waals surface area contributed by atoms with Crippen molar-refractivity contribution < 1.29 is 14.2 Å². The van der Waals surface area contributed by atoms with Gasteiger partial charge in [-0.15, -0.1) is 0 Å². The summed E-state index contributed by atoms with van der Waals surface area (Å²) in [5, 5.41) is 3.42. The van der Waals surface area contributed by atoms with E-state index in [4.69, 9.17) is 19.2 Å². The first-order valence-electron chi connectivity index (χ1n) is 10.7. The molecule has 0 spiro atoms. The van der Waals surface area contributed by atoms with Gasteiger partial charge >= 0.3 is 0 Å². The molecule has 1 fully saturated rings. The first kappa shape index (κ1) is 22.7. The van der Waals surface area contributed by atoms with Gasteiger partial charge in [0.2, 0.25) is 5.88 Å². The number of nitrogens with zero attached hydrogens (tertiary/aromatic N) is 4. The van der Waals surface area contributed by atoms with E-state index in [1.165, 1.54) is 0 Å². The minimum atomic E-state index is 0.467. The number of hydrogen-bond acceptors (Lipinski definition) is 6. The van der Waals surface area contributed by atoms with Crippen molar-refractivity contribution in [1.82, 2.24) is 15.2 Å². The predicted molar refractivity (Wildman–Crippen MR) is 123 cm³/mol. The van der Waals surface area contributed by atoms with Gasteiger partial charge in [-0.25, -0.2) is 9.98 Å². The topological polar surface area (TPSA) is 71.5 Å². The number of anilines is 1. The summed E-state index contributed by atoms with van der Waals surface area (Å²) in [6.07, 6.45) is 1.73. The van der Waals surface area contributed by atoms with Crippen LogP contribution < -0.4 is 19.7 Å². The predicted octanol–water partition coefficient (Wildman–Crippen LogP) is 2.40. The van der Waals surface area contributed by atoms with E-state index >= 15 is 0 Å². The number of guanidine groups is 1. The Hall–Kier alpha value is -3.00. The van der Waals surface area contributed by atoms with Crippen LogP contribution in [0.2, 0.25) is 0 Å². The maximum absolute atomic E-state index is 5.74. The number of aromatic nitrogens is 1. The van der Waals surface area contributed by atoms with Crippen molar-refractivity contribution in [1.29, 1.82) is 0 Å². The molecule has 0 atom stereocenters. The molecule has 3 rings (SSSR count). The van der Waals surface area contributed by atoms with Crippen LogP contribution in [0.5, 0.6) is 11.6 Å². The minimum absolute atomic E-state index is 0.467. The van der Waals surface area contributed by atoms with Crippen molar-refractivity contribution in [3.63, 3.8) is 0 Å². The number of aliphatic imine (C=N–C) groups is 1. The number of nitrogens with one attached hydrogen (secondary N) is 1. The Bertz CT molecular complexity index is 837. The second-order valence-corrected chi connectivity index (χ2v) is 7.13. The number of ether oxygens (including phenoxy) is 3. The van der Waals surface area contributed by atoms with Gasteiger partial charge in [-0.3, -0.25) is 0 Å². The summed E-state index contributed by atoms with van der Waals surface area (Å²) in [5.74, 6) is 2.43. The van der Waals surface area contributed by atoms with Crippen LogP contribution in [0, 0.1) is 0 Å². The molecule has 2 aromatic rings. The molecule has 2 heterocycles. The summed E-state index contributed by atoms with van der Waals surface area (Å²) in [4.78, 5) is 13.9. The van der Waals surface area contributed by atoms with E-state index in [0.29, 0.717) is 25.6 Å². The summed E-state index contributed by atoms with van der Waals surface area (Å²) in [6.45, 7) is 7.98. The fourth-order valence-corrected chi connectivity index (χ4v) is 3.53. The fraction of sp³-hybridized carbons (Fsp3) is 0.478. The second kappa shape index (κ2) is 12.0. The third-order valence-electron chi connectivity index (χ3n) is 5.12. The van der Waals surface area contributed by atoms with Gasteiger partial charge in [0, 0.05) is 51.6 Å². The van der Waals surface area contributed by atoms with Gasteiger partial charge in [-0.1, -0.05) is 18.2 Å². The molecule has 0 aliphatic carbocycles. The van der Waals surface area contributed by atoms with Crippen molar-refractivity contribution in [2.45, 2.75) is 13.5 Å². The van der Waals surface area contributed by atoms with Crippen LogP contribution in [0.1, 0.15) is 12.5 Å². The van der Waals surface area contributed by atoms with Gasteiger partial charge in [-0.2, -0.15) is 0 Å². The molecule has 8 heteroatoms. The molecule has 0 unspecified atom stereocenters. The van der Waals surface area contributed by atoms with Crippen molar-refractivity contribution in [3.8, 4) is 11.6 Å². The Morgan fingerprint density at radius 1 is 1.06 bits per heavy atom. The lowest BCUT2D eigenvalue weighted by atomic mass is 10.2. The molecule has 168 valence electrons. The second-order valence-electron chi connectivity index (χ2n) is 7.13. The summed E-state index contributed by atoms with van der Waals surface area (Å²) in [5.41, 5.74) is 2.10. The highest BCUT2D eigenvalue weighted by Crippen LogP contribution is 2.28. The Balaban J connectivity index is 1.64. The van der Waals surface area contributed by atoms with E-state index in [9.17, 15) is 0 Å². The average molecular weight is 428 g/mol. The zero-order valence-electron chi connectivity index (χ0n) is 18.7. The molecule has 0 amide bonds. The monoisotopic (exact) mass is 427 g/mol. The highest BCUT2D eigenvalue weighted by atomic mass is 16.5. The van der Waals surface area contributed by atoms with E-state index in [2.05, 4.69) is 39.2 Å². The maximum atomic E-state index is 5.74. The molecule has 0 radical (unpaired) electrons. The molecular formula is C23H33N5O3. The average Bonchev–Trinajstić information content (AvgIpc) is 2.83. The first-order chi connectivity index (χ1) is 15.3. The third kappa shape index (κ3) is 6.24. The van der Waals surface area contributed by atoms with E-state index in [-0.39, 0.29) is 0 Å². The lowest BCUT2D eigenvalue weighted by Gasteiger charge is -2.38.